The molecule has 0 saturated carbocycles. The summed E-state index contributed by atoms with van der Waals surface area (Å²) in [4.78, 5) is 14.7. The SMILES string of the molecule is O=C(NC(CN1CCCC1)c1ccccc1)c1cc(F)ccc1F. The summed E-state index contributed by atoms with van der Waals surface area (Å²) >= 11 is 0. The number of halogens is 2. The molecule has 0 aliphatic carbocycles. The Morgan fingerprint density at radius 2 is 1.79 bits per heavy atom. The van der Waals surface area contributed by atoms with Crippen LogP contribution in [-0.4, -0.2) is 30.4 Å². The van der Waals surface area contributed by atoms with Crippen molar-refractivity contribution >= 4 is 5.91 Å². The van der Waals surface area contributed by atoms with E-state index in [0.29, 0.717) is 6.54 Å². The van der Waals surface area contributed by atoms with Gasteiger partial charge in [0, 0.05) is 6.54 Å². The number of nitrogens with zero attached hydrogens (tertiary/aromatic N) is 1. The van der Waals surface area contributed by atoms with Gasteiger partial charge >= 0.3 is 0 Å². The Hall–Kier alpha value is -2.27. The Kier molecular flexibility index (Phi) is 5.20. The summed E-state index contributed by atoms with van der Waals surface area (Å²) in [6, 6.07) is 12.2. The molecule has 1 N–H and O–H groups in total. The first-order valence-electron chi connectivity index (χ1n) is 8.17. The molecule has 1 saturated heterocycles. The van der Waals surface area contributed by atoms with Crippen molar-refractivity contribution in [3.05, 3.63) is 71.3 Å². The van der Waals surface area contributed by atoms with Crippen LogP contribution in [-0.2, 0) is 0 Å². The second-order valence-electron chi connectivity index (χ2n) is 6.07. The van der Waals surface area contributed by atoms with Gasteiger partial charge in [0.05, 0.1) is 11.6 Å². The Labute approximate surface area is 140 Å². The number of likely N-dealkylation sites (tertiary alicyclic amines) is 1. The second kappa shape index (κ2) is 7.53. The molecular weight excluding hydrogens is 310 g/mol. The molecule has 126 valence electrons. The van der Waals surface area contributed by atoms with Gasteiger partial charge in [-0.2, -0.15) is 0 Å². The van der Waals surface area contributed by atoms with E-state index in [2.05, 4.69) is 10.2 Å². The largest absolute Gasteiger partial charge is 0.344 e. The standard InChI is InChI=1S/C19H20F2N2O/c20-15-8-9-17(21)16(12-15)19(24)22-18(13-23-10-4-5-11-23)14-6-2-1-3-7-14/h1-3,6-9,12,18H,4-5,10-11,13H2,(H,22,24). The van der Waals surface area contributed by atoms with Gasteiger partial charge in [0.2, 0.25) is 0 Å². The third-order valence-corrected chi connectivity index (χ3v) is 4.32. The number of rotatable bonds is 5. The predicted molar refractivity (Wildman–Crippen MR) is 88.7 cm³/mol. The van der Waals surface area contributed by atoms with Crippen LogP contribution in [0.1, 0.15) is 34.8 Å². The van der Waals surface area contributed by atoms with Crippen LogP contribution >= 0.6 is 0 Å². The van der Waals surface area contributed by atoms with Crippen LogP contribution in [0.3, 0.4) is 0 Å². The van der Waals surface area contributed by atoms with Gasteiger partial charge in [0.15, 0.2) is 0 Å². The minimum absolute atomic E-state index is 0.264. The number of benzene rings is 2. The van der Waals surface area contributed by atoms with Gasteiger partial charge in [-0.1, -0.05) is 30.3 Å². The average molecular weight is 330 g/mol. The van der Waals surface area contributed by atoms with Gasteiger partial charge in [-0.15, -0.1) is 0 Å². The molecule has 2 aromatic rings. The summed E-state index contributed by atoms with van der Waals surface area (Å²) in [7, 11) is 0. The normalized spacial score (nSPS) is 16.1. The fourth-order valence-electron chi connectivity index (χ4n) is 3.05. The van der Waals surface area contributed by atoms with E-state index in [1.807, 2.05) is 30.3 Å². The van der Waals surface area contributed by atoms with Crippen molar-refractivity contribution in [3.8, 4) is 0 Å². The first kappa shape index (κ1) is 16.6. The van der Waals surface area contributed by atoms with E-state index in [-0.39, 0.29) is 11.6 Å². The maximum absolute atomic E-state index is 13.8. The maximum Gasteiger partial charge on any atom is 0.254 e. The molecule has 2 aromatic carbocycles. The lowest BCUT2D eigenvalue weighted by atomic mass is 10.1. The molecule has 0 radical (unpaired) electrons. The molecule has 1 unspecified atom stereocenters. The Balaban J connectivity index is 1.80. The third kappa shape index (κ3) is 3.97. The summed E-state index contributed by atoms with van der Waals surface area (Å²) < 4.78 is 27.2. The number of hydrogen-bond donors (Lipinski definition) is 1. The molecule has 3 rings (SSSR count). The zero-order valence-electron chi connectivity index (χ0n) is 13.3. The molecule has 24 heavy (non-hydrogen) atoms. The van der Waals surface area contributed by atoms with Gasteiger partial charge in [-0.25, -0.2) is 8.78 Å². The Morgan fingerprint density at radius 3 is 2.50 bits per heavy atom. The Morgan fingerprint density at radius 1 is 1.08 bits per heavy atom. The van der Waals surface area contributed by atoms with E-state index in [0.717, 1.165) is 49.7 Å². The molecule has 1 amide bonds. The van der Waals surface area contributed by atoms with E-state index in [1.165, 1.54) is 0 Å². The monoisotopic (exact) mass is 330 g/mol. The van der Waals surface area contributed by atoms with E-state index in [9.17, 15) is 13.6 Å². The summed E-state index contributed by atoms with van der Waals surface area (Å²) in [5.74, 6) is -1.95. The molecule has 3 nitrogen and oxygen atoms in total. The van der Waals surface area contributed by atoms with Crippen LogP contribution in [0.5, 0.6) is 0 Å². The van der Waals surface area contributed by atoms with Crippen LogP contribution in [0.4, 0.5) is 8.78 Å². The fraction of sp³-hybridized carbons (Fsp3) is 0.316. The van der Waals surface area contributed by atoms with Crippen molar-refractivity contribution in [3.63, 3.8) is 0 Å². The quantitative estimate of drug-likeness (QED) is 0.909. The van der Waals surface area contributed by atoms with Crippen LogP contribution < -0.4 is 5.32 Å². The Bertz CT molecular complexity index is 700. The lowest BCUT2D eigenvalue weighted by molar-refractivity contribution is 0.0922. The van der Waals surface area contributed by atoms with Crippen molar-refractivity contribution < 1.29 is 13.6 Å². The number of carbonyl (C=O) groups is 1. The van der Waals surface area contributed by atoms with Crippen LogP contribution in [0.25, 0.3) is 0 Å². The van der Waals surface area contributed by atoms with Gasteiger partial charge in [0.25, 0.3) is 5.91 Å². The molecule has 1 fully saturated rings. The van der Waals surface area contributed by atoms with E-state index in [4.69, 9.17) is 0 Å². The lowest BCUT2D eigenvalue weighted by Gasteiger charge is -2.25. The fourth-order valence-corrected chi connectivity index (χ4v) is 3.05. The van der Waals surface area contributed by atoms with E-state index < -0.39 is 17.5 Å². The topological polar surface area (TPSA) is 32.3 Å². The highest BCUT2D eigenvalue weighted by Gasteiger charge is 2.22. The van der Waals surface area contributed by atoms with Gasteiger partial charge in [-0.05, 0) is 49.7 Å². The number of amides is 1. The number of nitrogens with one attached hydrogen (secondary N) is 1. The maximum atomic E-state index is 13.8. The second-order valence-corrected chi connectivity index (χ2v) is 6.07. The molecule has 5 heteroatoms. The summed E-state index contributed by atoms with van der Waals surface area (Å²) in [6.45, 7) is 2.65. The molecule has 1 heterocycles. The third-order valence-electron chi connectivity index (χ3n) is 4.32. The van der Waals surface area contributed by atoms with Crippen LogP contribution in [0.2, 0.25) is 0 Å². The van der Waals surface area contributed by atoms with Gasteiger partial charge in [-0.3, -0.25) is 4.79 Å². The minimum atomic E-state index is -0.720. The first-order chi connectivity index (χ1) is 11.6. The van der Waals surface area contributed by atoms with Crippen molar-refractivity contribution in [2.24, 2.45) is 0 Å². The van der Waals surface area contributed by atoms with E-state index in [1.54, 1.807) is 0 Å². The molecule has 0 spiro atoms. The number of carbonyl (C=O) groups excluding carboxylic acids is 1. The molecule has 1 atom stereocenters. The highest BCUT2D eigenvalue weighted by atomic mass is 19.1. The summed E-state index contributed by atoms with van der Waals surface area (Å²) in [5.41, 5.74) is 0.687. The molecule has 0 bridgehead atoms. The first-order valence-corrected chi connectivity index (χ1v) is 8.17. The average Bonchev–Trinajstić information content (AvgIpc) is 3.10. The van der Waals surface area contributed by atoms with E-state index >= 15 is 0 Å². The van der Waals surface area contributed by atoms with Crippen molar-refractivity contribution in [1.82, 2.24) is 10.2 Å². The minimum Gasteiger partial charge on any atom is -0.344 e. The summed E-state index contributed by atoms with van der Waals surface area (Å²) in [5, 5.41) is 2.86. The molecular formula is C19H20F2N2O. The highest BCUT2D eigenvalue weighted by Crippen LogP contribution is 2.19. The predicted octanol–water partition coefficient (Wildman–Crippen LogP) is 3.53. The molecule has 0 aromatic heterocycles. The van der Waals surface area contributed by atoms with Crippen LogP contribution in [0.15, 0.2) is 48.5 Å². The van der Waals surface area contributed by atoms with Crippen molar-refractivity contribution in [2.45, 2.75) is 18.9 Å². The van der Waals surface area contributed by atoms with Gasteiger partial charge in [0.1, 0.15) is 11.6 Å². The zero-order chi connectivity index (χ0) is 16.9. The smallest absolute Gasteiger partial charge is 0.254 e. The zero-order valence-corrected chi connectivity index (χ0v) is 13.3. The van der Waals surface area contributed by atoms with Crippen molar-refractivity contribution in [2.75, 3.05) is 19.6 Å². The highest BCUT2D eigenvalue weighted by molar-refractivity contribution is 5.94. The number of hydrogen-bond acceptors (Lipinski definition) is 2. The lowest BCUT2D eigenvalue weighted by Crippen LogP contribution is -2.37. The van der Waals surface area contributed by atoms with Crippen molar-refractivity contribution in [1.29, 1.82) is 0 Å². The summed E-state index contributed by atoms with van der Waals surface area (Å²) in [6.07, 6.45) is 2.29. The van der Waals surface area contributed by atoms with Crippen LogP contribution in [0, 0.1) is 11.6 Å². The van der Waals surface area contributed by atoms with Gasteiger partial charge < -0.3 is 10.2 Å². The molecule has 1 aliphatic rings. The molecule has 1 aliphatic heterocycles.